The molecular weight excluding hydrogens is 576 g/mol. The fourth-order valence-corrected chi connectivity index (χ4v) is 4.88. The summed E-state index contributed by atoms with van der Waals surface area (Å²) >= 11 is 0.838. The SMILES string of the molecule is CNC.COOOSCNc1ccc2cc(S(=O)(=O)OC)cc(O)c2c1N=Nc1ccccc1S(=O)(=O)OC. The number of phenols is 1. The third-order valence-corrected chi connectivity index (χ3v) is 7.62. The second kappa shape index (κ2) is 15.1. The van der Waals surface area contributed by atoms with E-state index in [1.165, 1.54) is 31.4 Å². The summed E-state index contributed by atoms with van der Waals surface area (Å²) in [6, 6.07) is 11.2. The minimum absolute atomic E-state index is 0.0217. The Kier molecular flexibility index (Phi) is 12.5. The van der Waals surface area contributed by atoms with Gasteiger partial charge in [0.15, 0.2) is 0 Å². The Balaban J connectivity index is 0.00000170. The topological polar surface area (TPSA) is 183 Å². The number of fused-ring (bicyclic) bond motifs is 1. The van der Waals surface area contributed by atoms with Gasteiger partial charge in [-0.3, -0.25) is 8.37 Å². The van der Waals surface area contributed by atoms with Gasteiger partial charge in [0.2, 0.25) is 0 Å². The first-order chi connectivity index (χ1) is 18.6. The number of rotatable bonds is 12. The summed E-state index contributed by atoms with van der Waals surface area (Å²) < 4.78 is 62.6. The maximum Gasteiger partial charge on any atom is 0.298 e. The molecule has 0 unspecified atom stereocenters. The van der Waals surface area contributed by atoms with Gasteiger partial charge >= 0.3 is 0 Å². The Bertz CT molecular complexity index is 1500. The van der Waals surface area contributed by atoms with Crippen molar-refractivity contribution in [2.75, 3.05) is 46.6 Å². The number of phenolic OH excluding ortho intramolecular Hbond substituents is 1. The minimum Gasteiger partial charge on any atom is -0.507 e. The van der Waals surface area contributed by atoms with E-state index in [0.29, 0.717) is 11.1 Å². The van der Waals surface area contributed by atoms with Gasteiger partial charge in [0, 0.05) is 6.07 Å². The predicted octanol–water partition coefficient (Wildman–Crippen LogP) is 3.99. The zero-order chi connectivity index (χ0) is 29.1. The lowest BCUT2D eigenvalue weighted by Gasteiger charge is -2.13. The summed E-state index contributed by atoms with van der Waals surface area (Å²) in [5.41, 5.74) is 0.417. The Morgan fingerprint density at radius 3 is 2.23 bits per heavy atom. The van der Waals surface area contributed by atoms with Crippen molar-refractivity contribution < 1.29 is 44.6 Å². The third kappa shape index (κ3) is 8.56. The average Bonchev–Trinajstić information content (AvgIpc) is 2.92. The van der Waals surface area contributed by atoms with Gasteiger partial charge < -0.3 is 15.7 Å². The molecule has 0 saturated heterocycles. The van der Waals surface area contributed by atoms with Crippen LogP contribution in [0.25, 0.3) is 10.8 Å². The molecule has 0 aliphatic carbocycles. The van der Waals surface area contributed by atoms with Crippen molar-refractivity contribution in [2.24, 2.45) is 10.2 Å². The van der Waals surface area contributed by atoms with E-state index in [0.717, 1.165) is 32.3 Å². The van der Waals surface area contributed by atoms with Gasteiger partial charge in [-0.1, -0.05) is 23.2 Å². The van der Waals surface area contributed by atoms with E-state index in [-0.39, 0.29) is 32.4 Å². The molecule has 3 aromatic carbocycles. The van der Waals surface area contributed by atoms with Gasteiger partial charge in [0.05, 0.1) is 55.2 Å². The summed E-state index contributed by atoms with van der Waals surface area (Å²) in [4.78, 5) is 3.83. The molecule has 3 rings (SSSR count). The number of hydrogen-bond donors (Lipinski definition) is 3. The van der Waals surface area contributed by atoms with Crippen LogP contribution in [-0.4, -0.2) is 63.2 Å². The van der Waals surface area contributed by atoms with E-state index in [2.05, 4.69) is 43.5 Å². The lowest BCUT2D eigenvalue weighted by Crippen LogP contribution is -2.03. The third-order valence-electron chi connectivity index (χ3n) is 4.63. The fraction of sp³-hybridized carbons (Fsp3) is 0.273. The number of anilines is 1. The molecule has 0 amide bonds. The molecular formula is C22H28N4O10S3. The molecule has 0 atom stereocenters. The molecule has 14 nitrogen and oxygen atoms in total. The molecule has 0 radical (unpaired) electrons. The summed E-state index contributed by atoms with van der Waals surface area (Å²) in [6.45, 7) is 0. The van der Waals surface area contributed by atoms with E-state index in [4.69, 9.17) is 0 Å². The van der Waals surface area contributed by atoms with Gasteiger partial charge in [-0.15, -0.1) is 14.6 Å². The van der Waals surface area contributed by atoms with E-state index < -0.39 is 26.0 Å². The first kappa shape index (κ1) is 32.3. The van der Waals surface area contributed by atoms with Crippen LogP contribution in [0.3, 0.4) is 0 Å². The van der Waals surface area contributed by atoms with Gasteiger partial charge in [-0.05, 0) is 43.7 Å². The van der Waals surface area contributed by atoms with Crippen LogP contribution in [0.15, 0.2) is 68.6 Å². The summed E-state index contributed by atoms with van der Waals surface area (Å²) in [7, 11) is -1.15. The van der Waals surface area contributed by atoms with Crippen LogP contribution in [-0.2, 0) is 42.9 Å². The zero-order valence-corrected chi connectivity index (χ0v) is 24.0. The molecule has 0 bridgehead atoms. The van der Waals surface area contributed by atoms with Crippen molar-refractivity contribution in [2.45, 2.75) is 9.79 Å². The molecule has 39 heavy (non-hydrogen) atoms. The average molecular weight is 605 g/mol. The monoisotopic (exact) mass is 604 g/mol. The number of nitrogens with zero attached hydrogens (tertiary/aromatic N) is 2. The highest BCUT2D eigenvalue weighted by Gasteiger charge is 2.21. The van der Waals surface area contributed by atoms with Crippen molar-refractivity contribution in [1.82, 2.24) is 5.32 Å². The van der Waals surface area contributed by atoms with Crippen LogP contribution in [0.5, 0.6) is 5.75 Å². The normalized spacial score (nSPS) is 11.9. The number of nitrogens with one attached hydrogen (secondary N) is 2. The van der Waals surface area contributed by atoms with Crippen LogP contribution in [0, 0.1) is 0 Å². The molecule has 3 aromatic rings. The van der Waals surface area contributed by atoms with E-state index in [1.807, 2.05) is 14.1 Å². The van der Waals surface area contributed by atoms with Crippen molar-refractivity contribution in [3.63, 3.8) is 0 Å². The Morgan fingerprint density at radius 2 is 1.59 bits per heavy atom. The maximum absolute atomic E-state index is 12.3. The first-order valence-corrected chi connectivity index (χ1v) is 14.5. The Morgan fingerprint density at radius 1 is 0.923 bits per heavy atom. The van der Waals surface area contributed by atoms with Crippen molar-refractivity contribution in [3.05, 3.63) is 48.5 Å². The van der Waals surface area contributed by atoms with Crippen molar-refractivity contribution in [1.29, 1.82) is 0 Å². The lowest BCUT2D eigenvalue weighted by atomic mass is 10.1. The zero-order valence-electron chi connectivity index (χ0n) is 21.6. The number of hydrogen-bond acceptors (Lipinski definition) is 15. The van der Waals surface area contributed by atoms with Crippen LogP contribution in [0.1, 0.15) is 0 Å². The quantitative estimate of drug-likeness (QED) is 0.0513. The van der Waals surface area contributed by atoms with Crippen molar-refractivity contribution >= 4 is 60.1 Å². The minimum atomic E-state index is -4.09. The number of benzene rings is 3. The Labute approximate surface area is 230 Å². The standard InChI is InChI=1S/C20H21N3O10S3.C2H7N/c1-29-32-33-34-12-21-16-9-8-13-10-14(35(25,26)30-2)11-17(24)19(13)20(16)23-22-15-6-4-5-7-18(15)36(27,28)31-3;1-3-2/h4-11,21,24H,12H2,1-3H3;3H,1-2H3. The Hall–Kier alpha value is -2.87. The summed E-state index contributed by atoms with van der Waals surface area (Å²) in [5, 5.41) is 29.5. The van der Waals surface area contributed by atoms with Gasteiger partial charge in [-0.2, -0.15) is 16.8 Å². The van der Waals surface area contributed by atoms with Gasteiger partial charge in [0.1, 0.15) is 22.0 Å². The van der Waals surface area contributed by atoms with Crippen molar-refractivity contribution in [3.8, 4) is 5.75 Å². The van der Waals surface area contributed by atoms with Gasteiger partial charge in [0.25, 0.3) is 20.2 Å². The van der Waals surface area contributed by atoms with Gasteiger partial charge in [-0.25, -0.2) is 4.89 Å². The maximum atomic E-state index is 12.3. The summed E-state index contributed by atoms with van der Waals surface area (Å²) in [6.07, 6.45) is 0. The van der Waals surface area contributed by atoms with Crippen LogP contribution >= 0.6 is 12.0 Å². The molecule has 0 aliphatic heterocycles. The highest BCUT2D eigenvalue weighted by Crippen LogP contribution is 2.42. The summed E-state index contributed by atoms with van der Waals surface area (Å²) in [5.74, 6) is -0.298. The molecule has 214 valence electrons. The largest absolute Gasteiger partial charge is 0.507 e. The molecule has 0 aromatic heterocycles. The van der Waals surface area contributed by atoms with E-state index >= 15 is 0 Å². The molecule has 17 heteroatoms. The predicted molar refractivity (Wildman–Crippen MR) is 145 cm³/mol. The lowest BCUT2D eigenvalue weighted by molar-refractivity contribution is -0.447. The smallest absolute Gasteiger partial charge is 0.298 e. The second-order valence-corrected chi connectivity index (χ2v) is 11.2. The molecule has 0 heterocycles. The van der Waals surface area contributed by atoms with Crippen LogP contribution in [0.2, 0.25) is 0 Å². The first-order valence-electron chi connectivity index (χ1n) is 10.8. The molecule has 0 fully saturated rings. The van der Waals surface area contributed by atoms with E-state index in [9.17, 15) is 21.9 Å². The number of aromatic hydroxyl groups is 1. The van der Waals surface area contributed by atoms with E-state index in [1.54, 1.807) is 18.2 Å². The fourth-order valence-electron chi connectivity index (χ4n) is 3.01. The number of azo groups is 1. The molecule has 0 spiro atoms. The van der Waals surface area contributed by atoms with Crippen LogP contribution in [0.4, 0.5) is 17.1 Å². The highest BCUT2D eigenvalue weighted by atomic mass is 32.2. The van der Waals surface area contributed by atoms with Crippen LogP contribution < -0.4 is 10.6 Å². The highest BCUT2D eigenvalue weighted by molar-refractivity contribution is 7.94. The molecule has 3 N–H and O–H groups in total. The molecule has 0 aliphatic rings. The second-order valence-electron chi connectivity index (χ2n) is 7.15. The molecule has 0 saturated carbocycles.